The molecule has 2 N–H and O–H groups in total. The van der Waals surface area contributed by atoms with Gasteiger partial charge in [0.2, 0.25) is 0 Å². The predicted octanol–water partition coefficient (Wildman–Crippen LogP) is 2.22. The molecule has 1 amide bonds. The Morgan fingerprint density at radius 3 is 2.65 bits per heavy atom. The molecule has 1 aromatic heterocycles. The molecule has 0 radical (unpaired) electrons. The number of nitrogens with one attached hydrogen (secondary N) is 2. The van der Waals surface area contributed by atoms with Crippen molar-refractivity contribution in [3.63, 3.8) is 0 Å². The first-order valence-electron chi connectivity index (χ1n) is 6.56. The van der Waals surface area contributed by atoms with Crippen molar-refractivity contribution >= 4 is 5.91 Å². The number of hydrogen-bond acceptors (Lipinski definition) is 3. The molecular weight excluding hydrogens is 254 g/mol. The lowest BCUT2D eigenvalue weighted by molar-refractivity contribution is 0.0926. The minimum atomic E-state index is -0.142. The van der Waals surface area contributed by atoms with Gasteiger partial charge in [-0.3, -0.25) is 9.89 Å². The molecule has 2 rings (SSSR count). The molecule has 1 unspecified atom stereocenters. The third-order valence-electron chi connectivity index (χ3n) is 2.97. The molecule has 2 aromatic rings. The maximum absolute atomic E-state index is 12.0. The van der Waals surface area contributed by atoms with Gasteiger partial charge in [0.1, 0.15) is 12.4 Å². The quantitative estimate of drug-likeness (QED) is 0.877. The molecule has 106 valence electrons. The normalized spacial score (nSPS) is 11.9. The van der Waals surface area contributed by atoms with Gasteiger partial charge in [-0.25, -0.2) is 0 Å². The van der Waals surface area contributed by atoms with Crippen molar-refractivity contribution in [1.29, 1.82) is 0 Å². The van der Waals surface area contributed by atoms with E-state index in [1.54, 1.807) is 0 Å². The fraction of sp³-hybridized carbons (Fsp3) is 0.333. The zero-order chi connectivity index (χ0) is 14.5. The van der Waals surface area contributed by atoms with Gasteiger partial charge in [0.25, 0.3) is 5.91 Å². The molecule has 5 heteroatoms. The van der Waals surface area contributed by atoms with E-state index >= 15 is 0 Å². The number of carbonyl (C=O) groups is 1. The summed E-state index contributed by atoms with van der Waals surface area (Å²) in [5.74, 6) is 0.660. The third kappa shape index (κ3) is 3.60. The minimum absolute atomic E-state index is 0.0851. The molecule has 1 atom stereocenters. The van der Waals surface area contributed by atoms with Crippen LogP contribution >= 0.6 is 0 Å². The van der Waals surface area contributed by atoms with Crippen LogP contribution in [0.1, 0.15) is 28.5 Å². The largest absolute Gasteiger partial charge is 0.491 e. The van der Waals surface area contributed by atoms with Crippen LogP contribution < -0.4 is 10.1 Å². The number of H-pyrrole nitrogens is 1. The molecule has 0 spiro atoms. The molecular formula is C15H19N3O2. The van der Waals surface area contributed by atoms with Crippen molar-refractivity contribution in [2.45, 2.75) is 26.8 Å². The van der Waals surface area contributed by atoms with Gasteiger partial charge in [-0.15, -0.1) is 0 Å². The highest BCUT2D eigenvalue weighted by atomic mass is 16.5. The molecule has 0 saturated carbocycles. The summed E-state index contributed by atoms with van der Waals surface area (Å²) in [6.45, 7) is 6.17. The van der Waals surface area contributed by atoms with E-state index in [0.717, 1.165) is 11.4 Å². The van der Waals surface area contributed by atoms with E-state index in [2.05, 4.69) is 15.5 Å². The standard InChI is InChI=1S/C15H19N3O2/c1-10-4-6-13(7-5-10)20-9-11(2)17-15(19)14-8-16-18-12(14)3/h4-8,11H,9H2,1-3H3,(H,16,18)(H,17,19). The van der Waals surface area contributed by atoms with Crippen LogP contribution in [0.25, 0.3) is 0 Å². The molecule has 1 heterocycles. The van der Waals surface area contributed by atoms with Crippen molar-refractivity contribution in [3.8, 4) is 5.75 Å². The zero-order valence-electron chi connectivity index (χ0n) is 11.9. The summed E-state index contributed by atoms with van der Waals surface area (Å²) in [6.07, 6.45) is 1.53. The van der Waals surface area contributed by atoms with Crippen LogP contribution in [0.15, 0.2) is 30.5 Å². The Hall–Kier alpha value is -2.30. The summed E-state index contributed by atoms with van der Waals surface area (Å²) in [7, 11) is 0. The predicted molar refractivity (Wildman–Crippen MR) is 76.9 cm³/mol. The van der Waals surface area contributed by atoms with Crippen LogP contribution in [0.3, 0.4) is 0 Å². The van der Waals surface area contributed by atoms with Gasteiger partial charge >= 0.3 is 0 Å². The Morgan fingerprint density at radius 1 is 1.35 bits per heavy atom. The van der Waals surface area contributed by atoms with E-state index in [1.165, 1.54) is 11.8 Å². The number of aryl methyl sites for hydroxylation is 2. The van der Waals surface area contributed by atoms with E-state index in [-0.39, 0.29) is 11.9 Å². The number of carbonyl (C=O) groups excluding carboxylic acids is 1. The summed E-state index contributed by atoms with van der Waals surface area (Å²) in [4.78, 5) is 12.0. The van der Waals surface area contributed by atoms with E-state index in [9.17, 15) is 4.79 Å². The SMILES string of the molecule is Cc1ccc(OCC(C)NC(=O)c2cn[nH]c2C)cc1. The summed E-state index contributed by atoms with van der Waals surface area (Å²) < 4.78 is 5.63. The number of amides is 1. The molecule has 20 heavy (non-hydrogen) atoms. The Labute approximate surface area is 118 Å². The number of aromatic amines is 1. The van der Waals surface area contributed by atoms with E-state index in [0.29, 0.717) is 12.2 Å². The number of nitrogens with zero attached hydrogens (tertiary/aromatic N) is 1. The maximum atomic E-state index is 12.0. The first-order chi connectivity index (χ1) is 9.56. The molecule has 0 saturated heterocycles. The Bertz CT molecular complexity index is 575. The van der Waals surface area contributed by atoms with Crippen LogP contribution in [-0.4, -0.2) is 28.8 Å². The number of ether oxygens (including phenoxy) is 1. The fourth-order valence-electron chi connectivity index (χ4n) is 1.78. The monoisotopic (exact) mass is 273 g/mol. The van der Waals surface area contributed by atoms with Crippen molar-refractivity contribution in [2.75, 3.05) is 6.61 Å². The smallest absolute Gasteiger partial charge is 0.255 e. The van der Waals surface area contributed by atoms with Crippen LogP contribution in [0.2, 0.25) is 0 Å². The van der Waals surface area contributed by atoms with Gasteiger partial charge in [0.05, 0.1) is 17.8 Å². The highest BCUT2D eigenvalue weighted by Crippen LogP contribution is 2.11. The third-order valence-corrected chi connectivity index (χ3v) is 2.97. The van der Waals surface area contributed by atoms with Crippen LogP contribution in [0.5, 0.6) is 5.75 Å². The topological polar surface area (TPSA) is 67.0 Å². The summed E-state index contributed by atoms with van der Waals surface area (Å²) in [5, 5.41) is 9.46. The number of aromatic nitrogens is 2. The molecule has 1 aromatic carbocycles. The first kappa shape index (κ1) is 14.1. The second kappa shape index (κ2) is 6.23. The lowest BCUT2D eigenvalue weighted by atomic mass is 10.2. The average molecular weight is 273 g/mol. The highest BCUT2D eigenvalue weighted by molar-refractivity contribution is 5.95. The number of rotatable bonds is 5. The van der Waals surface area contributed by atoms with Crippen molar-refractivity contribution in [1.82, 2.24) is 15.5 Å². The lowest BCUT2D eigenvalue weighted by Crippen LogP contribution is -2.36. The highest BCUT2D eigenvalue weighted by Gasteiger charge is 2.13. The van der Waals surface area contributed by atoms with Gasteiger partial charge in [0, 0.05) is 5.69 Å². The van der Waals surface area contributed by atoms with Crippen molar-refractivity contribution in [2.24, 2.45) is 0 Å². The number of benzene rings is 1. The molecule has 0 aliphatic carbocycles. The zero-order valence-corrected chi connectivity index (χ0v) is 11.9. The van der Waals surface area contributed by atoms with E-state index < -0.39 is 0 Å². The Kier molecular flexibility index (Phi) is 4.40. The van der Waals surface area contributed by atoms with Gasteiger partial charge in [-0.2, -0.15) is 5.10 Å². The molecule has 0 aliphatic rings. The Balaban J connectivity index is 1.83. The second-order valence-electron chi connectivity index (χ2n) is 4.91. The summed E-state index contributed by atoms with van der Waals surface area (Å²) in [6, 6.07) is 7.74. The van der Waals surface area contributed by atoms with Gasteiger partial charge in [-0.1, -0.05) is 17.7 Å². The molecule has 0 fully saturated rings. The summed E-state index contributed by atoms with van der Waals surface area (Å²) in [5.41, 5.74) is 2.51. The van der Waals surface area contributed by atoms with Gasteiger partial charge in [0.15, 0.2) is 0 Å². The fourth-order valence-corrected chi connectivity index (χ4v) is 1.78. The summed E-state index contributed by atoms with van der Waals surface area (Å²) >= 11 is 0. The van der Waals surface area contributed by atoms with E-state index in [1.807, 2.05) is 45.0 Å². The second-order valence-corrected chi connectivity index (χ2v) is 4.91. The first-order valence-corrected chi connectivity index (χ1v) is 6.56. The van der Waals surface area contributed by atoms with Crippen LogP contribution in [-0.2, 0) is 0 Å². The van der Waals surface area contributed by atoms with Crippen molar-refractivity contribution < 1.29 is 9.53 Å². The van der Waals surface area contributed by atoms with Crippen LogP contribution in [0.4, 0.5) is 0 Å². The van der Waals surface area contributed by atoms with Gasteiger partial charge in [-0.05, 0) is 32.9 Å². The molecule has 5 nitrogen and oxygen atoms in total. The number of hydrogen-bond donors (Lipinski definition) is 2. The minimum Gasteiger partial charge on any atom is -0.491 e. The molecule has 0 aliphatic heterocycles. The van der Waals surface area contributed by atoms with E-state index in [4.69, 9.17) is 4.74 Å². The average Bonchev–Trinajstić information content (AvgIpc) is 2.84. The molecule has 0 bridgehead atoms. The van der Waals surface area contributed by atoms with Crippen LogP contribution in [0, 0.1) is 13.8 Å². The maximum Gasteiger partial charge on any atom is 0.255 e. The lowest BCUT2D eigenvalue weighted by Gasteiger charge is -2.15. The van der Waals surface area contributed by atoms with Gasteiger partial charge < -0.3 is 10.1 Å². The van der Waals surface area contributed by atoms with Crippen molar-refractivity contribution in [3.05, 3.63) is 47.3 Å². The Morgan fingerprint density at radius 2 is 2.05 bits per heavy atom.